The van der Waals surface area contributed by atoms with Crippen molar-refractivity contribution in [2.75, 3.05) is 5.32 Å². The van der Waals surface area contributed by atoms with Gasteiger partial charge in [0.15, 0.2) is 0 Å². The maximum absolute atomic E-state index is 12.1. The highest BCUT2D eigenvalue weighted by Gasteiger charge is 2.22. The second kappa shape index (κ2) is 6.64. The SMILES string of the molecule is N#Cc1c(NC(=O)C=Cc2cccc([N+](=O)[O-])c2)sc2c1CCC2. The summed E-state index contributed by atoms with van der Waals surface area (Å²) in [4.78, 5) is 23.5. The van der Waals surface area contributed by atoms with E-state index in [1.165, 1.54) is 40.5 Å². The van der Waals surface area contributed by atoms with Gasteiger partial charge in [0.1, 0.15) is 11.1 Å². The molecule has 120 valence electrons. The summed E-state index contributed by atoms with van der Waals surface area (Å²) >= 11 is 1.45. The fourth-order valence-corrected chi connectivity index (χ4v) is 3.92. The Balaban J connectivity index is 1.74. The molecule has 7 heteroatoms. The molecular formula is C17H13N3O3S. The maximum Gasteiger partial charge on any atom is 0.270 e. The molecule has 1 aromatic carbocycles. The zero-order chi connectivity index (χ0) is 17.1. The summed E-state index contributed by atoms with van der Waals surface area (Å²) in [6.45, 7) is 0. The number of nitro benzene ring substituents is 1. The van der Waals surface area contributed by atoms with Crippen LogP contribution in [0.2, 0.25) is 0 Å². The minimum atomic E-state index is -0.482. The van der Waals surface area contributed by atoms with Crippen molar-refractivity contribution in [2.45, 2.75) is 19.3 Å². The van der Waals surface area contributed by atoms with E-state index in [1.807, 2.05) is 0 Å². The molecule has 1 aliphatic rings. The minimum absolute atomic E-state index is 0.0287. The van der Waals surface area contributed by atoms with Gasteiger partial charge in [0.25, 0.3) is 5.69 Å². The second-order valence-electron chi connectivity index (χ2n) is 5.35. The quantitative estimate of drug-likeness (QED) is 0.522. The molecule has 0 spiro atoms. The van der Waals surface area contributed by atoms with Gasteiger partial charge in [-0.2, -0.15) is 5.26 Å². The average Bonchev–Trinajstić information content (AvgIpc) is 3.13. The number of amides is 1. The topological polar surface area (TPSA) is 96.0 Å². The molecule has 0 unspecified atom stereocenters. The molecule has 24 heavy (non-hydrogen) atoms. The Morgan fingerprint density at radius 3 is 3.00 bits per heavy atom. The standard InChI is InChI=1S/C17H13N3O3S/c18-10-14-13-5-2-6-15(13)24-17(14)19-16(21)8-7-11-3-1-4-12(9-11)20(22)23/h1,3-4,7-9H,2,5-6H2,(H,19,21). The molecule has 0 bridgehead atoms. The Bertz CT molecular complexity index is 893. The molecule has 1 amide bonds. The molecule has 0 saturated carbocycles. The highest BCUT2D eigenvalue weighted by Crippen LogP contribution is 2.38. The predicted molar refractivity (Wildman–Crippen MR) is 91.8 cm³/mol. The van der Waals surface area contributed by atoms with Crippen LogP contribution >= 0.6 is 11.3 Å². The second-order valence-corrected chi connectivity index (χ2v) is 6.45. The number of thiophene rings is 1. The van der Waals surface area contributed by atoms with E-state index >= 15 is 0 Å². The first-order valence-electron chi connectivity index (χ1n) is 7.36. The summed E-state index contributed by atoms with van der Waals surface area (Å²) < 4.78 is 0. The lowest BCUT2D eigenvalue weighted by atomic mass is 10.1. The van der Waals surface area contributed by atoms with Crippen molar-refractivity contribution in [2.24, 2.45) is 0 Å². The number of nitriles is 1. The minimum Gasteiger partial charge on any atom is -0.313 e. The molecule has 2 aromatic rings. The molecular weight excluding hydrogens is 326 g/mol. The number of anilines is 1. The predicted octanol–water partition coefficient (Wildman–Crippen LogP) is 3.67. The van der Waals surface area contributed by atoms with Gasteiger partial charge in [0, 0.05) is 23.1 Å². The summed E-state index contributed by atoms with van der Waals surface area (Å²) in [6, 6.07) is 8.20. The van der Waals surface area contributed by atoms with E-state index in [9.17, 15) is 20.2 Å². The molecule has 3 rings (SSSR count). The van der Waals surface area contributed by atoms with E-state index in [0.29, 0.717) is 16.1 Å². The Labute approximate surface area is 142 Å². The van der Waals surface area contributed by atoms with Crippen molar-refractivity contribution in [3.05, 3.63) is 62.0 Å². The molecule has 0 aliphatic heterocycles. The molecule has 6 nitrogen and oxygen atoms in total. The third-order valence-electron chi connectivity index (χ3n) is 3.78. The molecule has 1 heterocycles. The highest BCUT2D eigenvalue weighted by atomic mass is 32.1. The van der Waals surface area contributed by atoms with E-state index < -0.39 is 4.92 Å². The van der Waals surface area contributed by atoms with Gasteiger partial charge in [-0.05, 0) is 36.5 Å². The molecule has 0 atom stereocenters. The van der Waals surface area contributed by atoms with Crippen LogP contribution in [0.5, 0.6) is 0 Å². The summed E-state index contributed by atoms with van der Waals surface area (Å²) in [5.74, 6) is -0.363. The van der Waals surface area contributed by atoms with Crippen LogP contribution in [-0.2, 0) is 17.6 Å². The number of aryl methyl sites for hydroxylation is 1. The zero-order valence-electron chi connectivity index (χ0n) is 12.6. The number of carbonyl (C=O) groups is 1. The highest BCUT2D eigenvalue weighted by molar-refractivity contribution is 7.16. The van der Waals surface area contributed by atoms with Gasteiger partial charge in [0.2, 0.25) is 5.91 Å². The largest absolute Gasteiger partial charge is 0.313 e. The summed E-state index contributed by atoms with van der Waals surface area (Å²) in [7, 11) is 0. The summed E-state index contributed by atoms with van der Waals surface area (Å²) in [6.07, 6.45) is 5.71. The molecule has 1 aromatic heterocycles. The van der Waals surface area contributed by atoms with Crippen molar-refractivity contribution in [1.29, 1.82) is 5.26 Å². The van der Waals surface area contributed by atoms with E-state index in [-0.39, 0.29) is 11.6 Å². The van der Waals surface area contributed by atoms with Crippen LogP contribution in [0.3, 0.4) is 0 Å². The van der Waals surface area contributed by atoms with E-state index in [0.717, 1.165) is 24.8 Å². The number of carbonyl (C=O) groups excluding carboxylic acids is 1. The Hall–Kier alpha value is -2.98. The smallest absolute Gasteiger partial charge is 0.270 e. The summed E-state index contributed by atoms with van der Waals surface area (Å²) in [5, 5.41) is 23.4. The van der Waals surface area contributed by atoms with Gasteiger partial charge >= 0.3 is 0 Å². The monoisotopic (exact) mass is 339 g/mol. The van der Waals surface area contributed by atoms with Gasteiger partial charge in [-0.15, -0.1) is 11.3 Å². The van der Waals surface area contributed by atoms with Crippen molar-refractivity contribution in [1.82, 2.24) is 0 Å². The van der Waals surface area contributed by atoms with Gasteiger partial charge in [-0.1, -0.05) is 12.1 Å². The van der Waals surface area contributed by atoms with Crippen LogP contribution in [0.4, 0.5) is 10.7 Å². The normalized spacial score (nSPS) is 12.8. The van der Waals surface area contributed by atoms with Crippen molar-refractivity contribution >= 4 is 34.0 Å². The lowest BCUT2D eigenvalue weighted by Gasteiger charge is -2.00. The number of fused-ring (bicyclic) bond motifs is 1. The summed E-state index contributed by atoms with van der Waals surface area (Å²) in [5.41, 5.74) is 2.15. The van der Waals surface area contributed by atoms with Gasteiger partial charge in [-0.3, -0.25) is 14.9 Å². The third kappa shape index (κ3) is 3.19. The van der Waals surface area contributed by atoms with Crippen LogP contribution in [0, 0.1) is 21.4 Å². The molecule has 1 N–H and O–H groups in total. The van der Waals surface area contributed by atoms with Crippen molar-refractivity contribution in [3.63, 3.8) is 0 Å². The van der Waals surface area contributed by atoms with Gasteiger partial charge in [0.05, 0.1) is 10.5 Å². The molecule has 1 aliphatic carbocycles. The Morgan fingerprint density at radius 2 is 2.25 bits per heavy atom. The number of nitrogens with one attached hydrogen (secondary N) is 1. The number of benzene rings is 1. The molecule has 0 radical (unpaired) electrons. The number of nitro groups is 1. The fourth-order valence-electron chi connectivity index (χ4n) is 2.68. The lowest BCUT2D eigenvalue weighted by Crippen LogP contribution is -2.07. The number of rotatable bonds is 4. The van der Waals surface area contributed by atoms with Crippen LogP contribution < -0.4 is 5.32 Å². The van der Waals surface area contributed by atoms with Gasteiger partial charge < -0.3 is 5.32 Å². The van der Waals surface area contributed by atoms with E-state index in [4.69, 9.17) is 0 Å². The number of hydrogen-bond donors (Lipinski definition) is 1. The molecule has 0 saturated heterocycles. The number of nitrogens with zero attached hydrogens (tertiary/aromatic N) is 2. The first-order chi connectivity index (χ1) is 11.6. The lowest BCUT2D eigenvalue weighted by molar-refractivity contribution is -0.384. The number of hydrogen-bond acceptors (Lipinski definition) is 5. The van der Waals surface area contributed by atoms with Crippen LogP contribution in [0.1, 0.15) is 28.0 Å². The first-order valence-corrected chi connectivity index (χ1v) is 8.18. The van der Waals surface area contributed by atoms with Crippen LogP contribution in [-0.4, -0.2) is 10.8 Å². The van der Waals surface area contributed by atoms with E-state index in [1.54, 1.807) is 12.1 Å². The Morgan fingerprint density at radius 1 is 1.42 bits per heavy atom. The first kappa shape index (κ1) is 15.9. The van der Waals surface area contributed by atoms with E-state index in [2.05, 4.69) is 11.4 Å². The third-order valence-corrected chi connectivity index (χ3v) is 4.99. The van der Waals surface area contributed by atoms with Gasteiger partial charge in [-0.25, -0.2) is 0 Å². The Kier molecular flexibility index (Phi) is 4.40. The zero-order valence-corrected chi connectivity index (χ0v) is 13.4. The molecule has 0 fully saturated rings. The average molecular weight is 339 g/mol. The van der Waals surface area contributed by atoms with Crippen molar-refractivity contribution < 1.29 is 9.72 Å². The van der Waals surface area contributed by atoms with Crippen LogP contribution in [0.15, 0.2) is 30.3 Å². The number of non-ortho nitro benzene ring substituents is 1. The maximum atomic E-state index is 12.1. The van der Waals surface area contributed by atoms with Crippen molar-refractivity contribution in [3.8, 4) is 6.07 Å². The fraction of sp³-hybridized carbons (Fsp3) is 0.176. The van der Waals surface area contributed by atoms with Crippen LogP contribution in [0.25, 0.3) is 6.08 Å².